The molecule has 0 bridgehead atoms. The Kier molecular flexibility index (Phi) is 5.66. The highest BCUT2D eigenvalue weighted by Gasteiger charge is 2.19. The van der Waals surface area contributed by atoms with E-state index in [0.717, 1.165) is 44.1 Å². The molecule has 1 aliphatic rings. The van der Waals surface area contributed by atoms with E-state index >= 15 is 0 Å². The summed E-state index contributed by atoms with van der Waals surface area (Å²) in [7, 11) is 0. The molecule has 0 N–H and O–H groups in total. The molecule has 10 heteroatoms. The summed E-state index contributed by atoms with van der Waals surface area (Å²) in [6.07, 6.45) is 0.978. The minimum atomic E-state index is -0.408. The lowest BCUT2D eigenvalue weighted by Gasteiger charge is -2.23. The highest BCUT2D eigenvalue weighted by molar-refractivity contribution is 5.61. The van der Waals surface area contributed by atoms with Crippen LogP contribution < -0.4 is 4.90 Å². The van der Waals surface area contributed by atoms with Gasteiger partial charge in [-0.15, -0.1) is 0 Å². The first-order valence-electron chi connectivity index (χ1n) is 9.85. The number of nitro groups is 1. The second-order valence-electron chi connectivity index (χ2n) is 7.34. The topological polar surface area (TPSA) is 114 Å². The molecule has 1 aromatic carbocycles. The molecule has 156 valence electrons. The molecule has 10 nitrogen and oxygen atoms in total. The Morgan fingerprint density at radius 2 is 1.97 bits per heavy atom. The van der Waals surface area contributed by atoms with Gasteiger partial charge in [0.2, 0.25) is 5.89 Å². The molecular weight excluding hydrogens is 386 g/mol. The Morgan fingerprint density at radius 3 is 2.73 bits per heavy atom. The third-order valence-electron chi connectivity index (χ3n) is 5.00. The Hall–Kier alpha value is -3.40. The molecule has 0 unspecified atom stereocenters. The molecule has 3 aromatic rings. The summed E-state index contributed by atoms with van der Waals surface area (Å²) in [4.78, 5) is 28.7. The summed E-state index contributed by atoms with van der Waals surface area (Å²) in [6.45, 7) is 7.82. The predicted molar refractivity (Wildman–Crippen MR) is 110 cm³/mol. The quantitative estimate of drug-likeness (QED) is 0.463. The van der Waals surface area contributed by atoms with Crippen LogP contribution >= 0.6 is 0 Å². The molecule has 1 aliphatic heterocycles. The Balaban J connectivity index is 1.51. The summed E-state index contributed by atoms with van der Waals surface area (Å²) in [5.74, 6) is 2.61. The van der Waals surface area contributed by atoms with Crippen LogP contribution in [0.4, 0.5) is 11.5 Å². The molecule has 0 aliphatic carbocycles. The number of nitro benzene ring substituents is 1. The number of benzene rings is 1. The highest BCUT2D eigenvalue weighted by Crippen LogP contribution is 2.24. The smallest absolute Gasteiger partial charge is 0.270 e. The summed E-state index contributed by atoms with van der Waals surface area (Å²) < 4.78 is 5.06. The van der Waals surface area contributed by atoms with Gasteiger partial charge in [0.25, 0.3) is 5.69 Å². The second-order valence-corrected chi connectivity index (χ2v) is 7.34. The van der Waals surface area contributed by atoms with Gasteiger partial charge < -0.3 is 9.42 Å². The van der Waals surface area contributed by atoms with E-state index in [1.165, 1.54) is 12.1 Å². The van der Waals surface area contributed by atoms with Crippen LogP contribution in [0, 0.1) is 24.0 Å². The van der Waals surface area contributed by atoms with Gasteiger partial charge >= 0.3 is 0 Å². The van der Waals surface area contributed by atoms with Crippen molar-refractivity contribution < 1.29 is 9.45 Å². The standard InChI is InChI=1S/C20H23N7O3/c1-14-11-19(23-20(21-14)16-5-3-6-17(12-16)27(28)29)26-8-4-7-25(9-10-26)13-18-22-15(2)30-24-18/h3,5-6,11-12H,4,7-10,13H2,1-2H3. The number of aryl methyl sites for hydroxylation is 2. The van der Waals surface area contributed by atoms with Gasteiger partial charge in [-0.3, -0.25) is 15.0 Å². The van der Waals surface area contributed by atoms with Gasteiger partial charge in [-0.2, -0.15) is 4.98 Å². The fourth-order valence-corrected chi connectivity index (χ4v) is 3.57. The van der Waals surface area contributed by atoms with E-state index < -0.39 is 4.92 Å². The number of aromatic nitrogens is 4. The largest absolute Gasteiger partial charge is 0.355 e. The SMILES string of the molecule is Cc1cc(N2CCCN(Cc3noc(C)n3)CC2)nc(-c2cccc([N+](=O)[O-])c2)n1. The van der Waals surface area contributed by atoms with Crippen LogP contribution in [-0.4, -0.2) is 56.1 Å². The lowest BCUT2D eigenvalue weighted by atomic mass is 10.2. The Morgan fingerprint density at radius 1 is 1.10 bits per heavy atom. The monoisotopic (exact) mass is 409 g/mol. The molecule has 0 saturated carbocycles. The molecule has 0 spiro atoms. The van der Waals surface area contributed by atoms with Crippen LogP contribution in [-0.2, 0) is 6.54 Å². The van der Waals surface area contributed by atoms with E-state index in [1.54, 1.807) is 19.1 Å². The second kappa shape index (κ2) is 8.54. The lowest BCUT2D eigenvalue weighted by molar-refractivity contribution is -0.384. The number of hydrogen-bond acceptors (Lipinski definition) is 9. The molecular formula is C20H23N7O3. The van der Waals surface area contributed by atoms with Gasteiger partial charge in [-0.1, -0.05) is 17.3 Å². The minimum Gasteiger partial charge on any atom is -0.355 e. The fraction of sp³-hybridized carbons (Fsp3) is 0.400. The maximum absolute atomic E-state index is 11.1. The van der Waals surface area contributed by atoms with Crippen LogP contribution in [0.25, 0.3) is 11.4 Å². The zero-order valence-electron chi connectivity index (χ0n) is 17.0. The van der Waals surface area contributed by atoms with E-state index in [2.05, 4.69) is 24.9 Å². The number of rotatable bonds is 5. The van der Waals surface area contributed by atoms with Crippen LogP contribution in [0.2, 0.25) is 0 Å². The van der Waals surface area contributed by atoms with Crippen LogP contribution in [0.3, 0.4) is 0 Å². The summed E-state index contributed by atoms with van der Waals surface area (Å²) in [5, 5.41) is 15.1. The number of nitrogens with zero attached hydrogens (tertiary/aromatic N) is 7. The van der Waals surface area contributed by atoms with Crippen LogP contribution in [0.1, 0.15) is 23.8 Å². The number of anilines is 1. The average molecular weight is 409 g/mol. The van der Waals surface area contributed by atoms with E-state index in [9.17, 15) is 10.1 Å². The van der Waals surface area contributed by atoms with E-state index in [4.69, 9.17) is 9.51 Å². The zero-order chi connectivity index (χ0) is 21.1. The van der Waals surface area contributed by atoms with Crippen molar-refractivity contribution in [1.82, 2.24) is 25.0 Å². The van der Waals surface area contributed by atoms with Crippen molar-refractivity contribution in [1.29, 1.82) is 0 Å². The van der Waals surface area contributed by atoms with Gasteiger partial charge in [-0.05, 0) is 13.3 Å². The number of non-ortho nitro benzene ring substituents is 1. The first-order chi connectivity index (χ1) is 14.5. The summed E-state index contributed by atoms with van der Waals surface area (Å²) >= 11 is 0. The summed E-state index contributed by atoms with van der Waals surface area (Å²) in [5.41, 5.74) is 1.49. The molecule has 1 fully saturated rings. The van der Waals surface area contributed by atoms with Crippen molar-refractivity contribution in [3.63, 3.8) is 0 Å². The summed E-state index contributed by atoms with van der Waals surface area (Å²) in [6, 6.07) is 8.38. The molecule has 2 aromatic heterocycles. The van der Waals surface area contributed by atoms with Crippen molar-refractivity contribution in [3.8, 4) is 11.4 Å². The van der Waals surface area contributed by atoms with E-state index in [-0.39, 0.29) is 5.69 Å². The third kappa shape index (κ3) is 4.60. The molecule has 0 atom stereocenters. The predicted octanol–water partition coefficient (Wildman–Crippen LogP) is 2.76. The first kappa shape index (κ1) is 19.9. The van der Waals surface area contributed by atoms with Gasteiger partial charge in [0, 0.05) is 62.6 Å². The van der Waals surface area contributed by atoms with Gasteiger partial charge in [-0.25, -0.2) is 9.97 Å². The highest BCUT2D eigenvalue weighted by atomic mass is 16.6. The third-order valence-corrected chi connectivity index (χ3v) is 5.00. The van der Waals surface area contributed by atoms with Crippen molar-refractivity contribution in [2.75, 3.05) is 31.1 Å². The maximum Gasteiger partial charge on any atom is 0.270 e. The minimum absolute atomic E-state index is 0.0290. The average Bonchev–Trinajstić information content (AvgIpc) is 2.99. The van der Waals surface area contributed by atoms with Crippen molar-refractivity contribution in [2.24, 2.45) is 0 Å². The molecule has 4 rings (SSSR count). The molecule has 0 radical (unpaired) electrons. The Bertz CT molecular complexity index is 1050. The molecule has 3 heterocycles. The van der Waals surface area contributed by atoms with E-state index in [1.807, 2.05) is 13.0 Å². The van der Waals surface area contributed by atoms with Crippen molar-refractivity contribution in [3.05, 3.63) is 57.9 Å². The van der Waals surface area contributed by atoms with Crippen molar-refractivity contribution >= 4 is 11.5 Å². The fourth-order valence-electron chi connectivity index (χ4n) is 3.57. The lowest BCUT2D eigenvalue weighted by Crippen LogP contribution is -2.31. The maximum atomic E-state index is 11.1. The van der Waals surface area contributed by atoms with Gasteiger partial charge in [0.1, 0.15) is 5.82 Å². The zero-order valence-corrected chi connectivity index (χ0v) is 17.0. The van der Waals surface area contributed by atoms with Gasteiger partial charge in [0.15, 0.2) is 11.6 Å². The van der Waals surface area contributed by atoms with Crippen molar-refractivity contribution in [2.45, 2.75) is 26.8 Å². The first-order valence-corrected chi connectivity index (χ1v) is 9.85. The Labute approximate surface area is 173 Å². The molecule has 0 amide bonds. The number of hydrogen-bond donors (Lipinski definition) is 0. The molecule has 1 saturated heterocycles. The van der Waals surface area contributed by atoms with Crippen LogP contribution in [0.5, 0.6) is 0 Å². The molecule has 30 heavy (non-hydrogen) atoms. The van der Waals surface area contributed by atoms with Gasteiger partial charge in [0.05, 0.1) is 11.5 Å². The normalized spacial score (nSPS) is 15.2. The van der Waals surface area contributed by atoms with Crippen LogP contribution in [0.15, 0.2) is 34.9 Å². The van der Waals surface area contributed by atoms with E-state index in [0.29, 0.717) is 29.6 Å².